The van der Waals surface area contributed by atoms with Gasteiger partial charge in [0.05, 0.1) is 5.76 Å². The SMILES string of the molecule is O=CC1=CCC(O)=CC=C1. The number of hydrogen-bond acceptors (Lipinski definition) is 2. The van der Waals surface area contributed by atoms with Crippen molar-refractivity contribution in [1.82, 2.24) is 0 Å². The Kier molecular flexibility index (Phi) is 2.05. The molecule has 1 aliphatic carbocycles. The monoisotopic (exact) mass is 136 g/mol. The Morgan fingerprint density at radius 2 is 2.40 bits per heavy atom. The lowest BCUT2D eigenvalue weighted by Crippen LogP contribution is -1.78. The lowest BCUT2D eigenvalue weighted by molar-refractivity contribution is -0.104. The molecule has 10 heavy (non-hydrogen) atoms. The van der Waals surface area contributed by atoms with Crippen molar-refractivity contribution in [1.29, 1.82) is 0 Å². The zero-order valence-electron chi connectivity index (χ0n) is 5.45. The molecule has 0 spiro atoms. The van der Waals surface area contributed by atoms with E-state index in [9.17, 15) is 4.79 Å². The highest BCUT2D eigenvalue weighted by Crippen LogP contribution is 2.06. The standard InChI is InChI=1S/C8H8O2/c9-6-7-2-1-3-8(10)5-4-7/h1-4,6,10H,5H2. The molecule has 52 valence electrons. The number of aldehydes is 1. The summed E-state index contributed by atoms with van der Waals surface area (Å²) in [6.45, 7) is 0. The Morgan fingerprint density at radius 1 is 1.60 bits per heavy atom. The Balaban J connectivity index is 2.78. The normalized spacial score (nSPS) is 17.2. The van der Waals surface area contributed by atoms with E-state index in [2.05, 4.69) is 0 Å². The third-order valence-electron chi connectivity index (χ3n) is 1.26. The summed E-state index contributed by atoms with van der Waals surface area (Å²) in [5, 5.41) is 8.95. The summed E-state index contributed by atoms with van der Waals surface area (Å²) in [6.07, 6.45) is 7.79. The van der Waals surface area contributed by atoms with E-state index >= 15 is 0 Å². The van der Waals surface area contributed by atoms with Gasteiger partial charge in [0.15, 0.2) is 0 Å². The van der Waals surface area contributed by atoms with E-state index in [1.54, 1.807) is 24.3 Å². The molecule has 0 unspecified atom stereocenters. The molecule has 2 heteroatoms. The van der Waals surface area contributed by atoms with Crippen LogP contribution in [-0.4, -0.2) is 11.4 Å². The minimum atomic E-state index is 0.285. The molecule has 0 amide bonds. The second kappa shape index (κ2) is 3.01. The number of carbonyl (C=O) groups excluding carboxylic acids is 1. The summed E-state index contributed by atoms with van der Waals surface area (Å²) in [5.74, 6) is 0.285. The van der Waals surface area contributed by atoms with Crippen LogP contribution in [-0.2, 0) is 4.79 Å². The van der Waals surface area contributed by atoms with Gasteiger partial charge in [-0.05, 0) is 6.08 Å². The Morgan fingerprint density at radius 3 is 3.10 bits per heavy atom. The van der Waals surface area contributed by atoms with Crippen molar-refractivity contribution in [2.45, 2.75) is 6.42 Å². The number of rotatable bonds is 1. The summed E-state index contributed by atoms with van der Waals surface area (Å²) in [6, 6.07) is 0. The molecule has 1 aliphatic rings. The molecule has 0 aromatic heterocycles. The maximum Gasteiger partial charge on any atom is 0.149 e. The van der Waals surface area contributed by atoms with Crippen LogP contribution in [0.5, 0.6) is 0 Å². The first-order valence-corrected chi connectivity index (χ1v) is 3.04. The van der Waals surface area contributed by atoms with E-state index in [1.807, 2.05) is 0 Å². The van der Waals surface area contributed by atoms with Crippen molar-refractivity contribution >= 4 is 6.29 Å². The maximum absolute atomic E-state index is 10.2. The summed E-state index contributed by atoms with van der Waals surface area (Å²) in [5.41, 5.74) is 0.611. The Labute approximate surface area is 59.2 Å². The smallest absolute Gasteiger partial charge is 0.149 e. The Hall–Kier alpha value is -1.31. The number of aliphatic hydroxyl groups is 1. The minimum absolute atomic E-state index is 0.285. The number of carbonyl (C=O) groups is 1. The zero-order valence-corrected chi connectivity index (χ0v) is 5.45. The van der Waals surface area contributed by atoms with Crippen molar-refractivity contribution in [2.24, 2.45) is 0 Å². The molecular weight excluding hydrogens is 128 g/mol. The van der Waals surface area contributed by atoms with E-state index in [4.69, 9.17) is 5.11 Å². The van der Waals surface area contributed by atoms with Crippen LogP contribution in [0.4, 0.5) is 0 Å². The van der Waals surface area contributed by atoms with Crippen LogP contribution >= 0.6 is 0 Å². The molecule has 0 saturated carbocycles. The lowest BCUT2D eigenvalue weighted by Gasteiger charge is -1.88. The van der Waals surface area contributed by atoms with E-state index in [1.165, 1.54) is 0 Å². The fourth-order valence-electron chi connectivity index (χ4n) is 0.716. The molecule has 0 atom stereocenters. The predicted octanol–water partition coefficient (Wildman–Crippen LogP) is 1.51. The first kappa shape index (κ1) is 6.81. The van der Waals surface area contributed by atoms with E-state index in [-0.39, 0.29) is 5.76 Å². The summed E-state index contributed by atoms with van der Waals surface area (Å²) in [7, 11) is 0. The van der Waals surface area contributed by atoms with Crippen LogP contribution in [0.2, 0.25) is 0 Å². The fourth-order valence-corrected chi connectivity index (χ4v) is 0.716. The van der Waals surface area contributed by atoms with Gasteiger partial charge in [-0.1, -0.05) is 18.2 Å². The molecule has 2 nitrogen and oxygen atoms in total. The lowest BCUT2D eigenvalue weighted by atomic mass is 10.2. The van der Waals surface area contributed by atoms with E-state index < -0.39 is 0 Å². The fraction of sp³-hybridized carbons (Fsp3) is 0.125. The van der Waals surface area contributed by atoms with Gasteiger partial charge in [-0.25, -0.2) is 0 Å². The predicted molar refractivity (Wildman–Crippen MR) is 38.6 cm³/mol. The highest BCUT2D eigenvalue weighted by molar-refractivity contribution is 5.77. The van der Waals surface area contributed by atoms with Crippen molar-refractivity contribution in [3.05, 3.63) is 35.6 Å². The van der Waals surface area contributed by atoms with Crippen LogP contribution < -0.4 is 0 Å². The van der Waals surface area contributed by atoms with Gasteiger partial charge in [-0.3, -0.25) is 4.79 Å². The van der Waals surface area contributed by atoms with E-state index in [0.717, 1.165) is 6.29 Å². The van der Waals surface area contributed by atoms with Crippen molar-refractivity contribution in [2.75, 3.05) is 0 Å². The number of aliphatic hydroxyl groups excluding tert-OH is 1. The molecule has 0 heterocycles. The van der Waals surface area contributed by atoms with Gasteiger partial charge in [0.25, 0.3) is 0 Å². The van der Waals surface area contributed by atoms with Gasteiger partial charge >= 0.3 is 0 Å². The average molecular weight is 136 g/mol. The first-order valence-electron chi connectivity index (χ1n) is 3.04. The van der Waals surface area contributed by atoms with Gasteiger partial charge in [0.2, 0.25) is 0 Å². The zero-order chi connectivity index (χ0) is 7.40. The molecule has 0 bridgehead atoms. The van der Waals surface area contributed by atoms with Crippen molar-refractivity contribution < 1.29 is 9.90 Å². The largest absolute Gasteiger partial charge is 0.512 e. The highest BCUT2D eigenvalue weighted by atomic mass is 16.3. The second-order valence-electron chi connectivity index (χ2n) is 2.04. The molecule has 0 aromatic carbocycles. The summed E-state index contributed by atoms with van der Waals surface area (Å²) >= 11 is 0. The third-order valence-corrected chi connectivity index (χ3v) is 1.26. The van der Waals surface area contributed by atoms with Crippen LogP contribution in [0.15, 0.2) is 35.6 Å². The molecule has 1 rings (SSSR count). The van der Waals surface area contributed by atoms with Crippen molar-refractivity contribution in [3.63, 3.8) is 0 Å². The quantitative estimate of drug-likeness (QED) is 0.555. The molecule has 0 radical (unpaired) electrons. The van der Waals surface area contributed by atoms with Gasteiger partial charge in [-0.2, -0.15) is 0 Å². The summed E-state index contributed by atoms with van der Waals surface area (Å²) in [4.78, 5) is 10.2. The van der Waals surface area contributed by atoms with Gasteiger partial charge < -0.3 is 5.11 Å². The molecular formula is C8H8O2. The van der Waals surface area contributed by atoms with Gasteiger partial charge in [0.1, 0.15) is 6.29 Å². The Bertz CT molecular complexity index is 221. The average Bonchev–Trinajstić information content (AvgIpc) is 2.14. The first-order chi connectivity index (χ1) is 4.83. The van der Waals surface area contributed by atoms with E-state index in [0.29, 0.717) is 12.0 Å². The second-order valence-corrected chi connectivity index (χ2v) is 2.04. The van der Waals surface area contributed by atoms with Crippen LogP contribution in [0.1, 0.15) is 6.42 Å². The number of hydrogen-bond donors (Lipinski definition) is 1. The number of allylic oxidation sites excluding steroid dienone is 5. The molecule has 0 aliphatic heterocycles. The van der Waals surface area contributed by atoms with Gasteiger partial charge in [-0.15, -0.1) is 0 Å². The van der Waals surface area contributed by atoms with Crippen LogP contribution in [0, 0.1) is 0 Å². The van der Waals surface area contributed by atoms with Crippen LogP contribution in [0.3, 0.4) is 0 Å². The molecule has 0 aromatic rings. The van der Waals surface area contributed by atoms with Gasteiger partial charge in [0, 0.05) is 12.0 Å². The third kappa shape index (κ3) is 1.58. The minimum Gasteiger partial charge on any atom is -0.512 e. The van der Waals surface area contributed by atoms with Crippen molar-refractivity contribution in [3.8, 4) is 0 Å². The molecule has 1 N–H and O–H groups in total. The summed E-state index contributed by atoms with van der Waals surface area (Å²) < 4.78 is 0. The molecule has 0 saturated heterocycles. The highest BCUT2D eigenvalue weighted by Gasteiger charge is 1.94. The molecule has 0 fully saturated rings. The topological polar surface area (TPSA) is 37.3 Å². The maximum atomic E-state index is 10.2. The van der Waals surface area contributed by atoms with Crippen LogP contribution in [0.25, 0.3) is 0 Å².